The molecule has 0 bridgehead atoms. The Morgan fingerprint density at radius 2 is 2.00 bits per heavy atom. The Morgan fingerprint density at radius 1 is 1.27 bits per heavy atom. The van der Waals surface area contributed by atoms with Crippen LogP contribution < -0.4 is 5.73 Å². The molecule has 1 fully saturated rings. The minimum absolute atomic E-state index is 0.387. The first-order chi connectivity index (χ1) is 7.27. The first-order valence-corrected chi connectivity index (χ1v) is 5.54. The summed E-state index contributed by atoms with van der Waals surface area (Å²) < 4.78 is 0. The summed E-state index contributed by atoms with van der Waals surface area (Å²) in [6, 6.07) is 5.55. The first kappa shape index (κ1) is 10.1. The van der Waals surface area contributed by atoms with Crippen molar-refractivity contribution in [3.63, 3.8) is 0 Å². The summed E-state index contributed by atoms with van der Waals surface area (Å²) in [5.41, 5.74) is 6.63. The largest absolute Gasteiger partial charge is 0.364 e. The minimum Gasteiger partial charge on any atom is -0.364 e. The quantitative estimate of drug-likeness (QED) is 0.803. The van der Waals surface area contributed by atoms with Gasteiger partial charge in [0.2, 0.25) is 0 Å². The van der Waals surface area contributed by atoms with Gasteiger partial charge in [0.05, 0.1) is 0 Å². The zero-order valence-electron chi connectivity index (χ0n) is 8.78. The molecule has 2 rings (SSSR count). The van der Waals surface area contributed by atoms with Gasteiger partial charge in [-0.2, -0.15) is 0 Å². The van der Waals surface area contributed by atoms with Crippen LogP contribution in [0.5, 0.6) is 0 Å². The second-order valence-electron chi connectivity index (χ2n) is 4.15. The number of hydrogen-bond acceptors (Lipinski definition) is 2. The molecule has 1 saturated carbocycles. The summed E-state index contributed by atoms with van der Waals surface area (Å²) in [6.07, 6.45) is 6.25. The number of carbonyl (C=O) groups excluding carboxylic acids is 1. The Hall–Kier alpha value is -1.38. The molecule has 80 valence electrons. The maximum Gasteiger partial charge on any atom is 0.267 e. The Bertz CT molecular complexity index is 356. The van der Waals surface area contributed by atoms with Crippen LogP contribution in [0, 0.1) is 0 Å². The Morgan fingerprint density at radius 3 is 2.67 bits per heavy atom. The van der Waals surface area contributed by atoms with Gasteiger partial charge in [-0.05, 0) is 25.0 Å². The van der Waals surface area contributed by atoms with Gasteiger partial charge in [-0.25, -0.2) is 4.98 Å². The van der Waals surface area contributed by atoms with E-state index in [1.54, 1.807) is 6.07 Å². The molecule has 0 aliphatic heterocycles. The van der Waals surface area contributed by atoms with Crippen LogP contribution in [0.1, 0.15) is 54.2 Å². The molecule has 0 aromatic carbocycles. The lowest BCUT2D eigenvalue weighted by Gasteiger charge is -2.21. The molecule has 0 unspecified atom stereocenters. The van der Waals surface area contributed by atoms with Crippen molar-refractivity contribution in [1.82, 2.24) is 4.98 Å². The zero-order chi connectivity index (χ0) is 10.7. The molecule has 1 amide bonds. The maximum absolute atomic E-state index is 11.0. The highest BCUT2D eigenvalue weighted by Gasteiger charge is 2.17. The lowest BCUT2D eigenvalue weighted by molar-refractivity contribution is 0.0995. The average molecular weight is 204 g/mol. The monoisotopic (exact) mass is 204 g/mol. The van der Waals surface area contributed by atoms with Crippen LogP contribution in [0.25, 0.3) is 0 Å². The normalized spacial score (nSPS) is 17.6. The highest BCUT2D eigenvalue weighted by molar-refractivity contribution is 5.90. The third-order valence-electron chi connectivity index (χ3n) is 3.05. The van der Waals surface area contributed by atoms with E-state index in [4.69, 9.17) is 5.73 Å². The number of amides is 1. The fourth-order valence-electron chi connectivity index (χ4n) is 2.21. The van der Waals surface area contributed by atoms with Gasteiger partial charge < -0.3 is 5.73 Å². The first-order valence-electron chi connectivity index (χ1n) is 5.54. The molecule has 1 aliphatic carbocycles. The summed E-state index contributed by atoms with van der Waals surface area (Å²) in [5, 5.41) is 0. The summed E-state index contributed by atoms with van der Waals surface area (Å²) in [4.78, 5) is 15.3. The maximum atomic E-state index is 11.0. The Kier molecular flexibility index (Phi) is 2.99. The van der Waals surface area contributed by atoms with Crippen molar-refractivity contribution in [3.05, 3.63) is 29.6 Å². The van der Waals surface area contributed by atoms with Crippen molar-refractivity contribution >= 4 is 5.91 Å². The van der Waals surface area contributed by atoms with Gasteiger partial charge in [-0.1, -0.05) is 25.3 Å². The van der Waals surface area contributed by atoms with Gasteiger partial charge in [0, 0.05) is 11.6 Å². The predicted molar refractivity (Wildman–Crippen MR) is 58.6 cm³/mol. The summed E-state index contributed by atoms with van der Waals surface area (Å²) in [7, 11) is 0. The van der Waals surface area contributed by atoms with Crippen molar-refractivity contribution in [1.29, 1.82) is 0 Å². The second-order valence-corrected chi connectivity index (χ2v) is 4.15. The fraction of sp³-hybridized carbons (Fsp3) is 0.500. The Labute approximate surface area is 89.7 Å². The number of pyridine rings is 1. The van der Waals surface area contributed by atoms with E-state index in [1.165, 1.54) is 32.1 Å². The molecule has 3 heteroatoms. The van der Waals surface area contributed by atoms with Crippen LogP contribution in [0.3, 0.4) is 0 Å². The van der Waals surface area contributed by atoms with Crippen LogP contribution in [-0.4, -0.2) is 10.9 Å². The van der Waals surface area contributed by atoms with Crippen LogP contribution in [0.2, 0.25) is 0 Å². The zero-order valence-corrected chi connectivity index (χ0v) is 8.78. The molecule has 0 spiro atoms. The molecule has 15 heavy (non-hydrogen) atoms. The molecular formula is C12H16N2O. The molecule has 0 radical (unpaired) electrons. The topological polar surface area (TPSA) is 56.0 Å². The van der Waals surface area contributed by atoms with E-state index in [-0.39, 0.29) is 0 Å². The highest BCUT2D eigenvalue weighted by Crippen LogP contribution is 2.31. The van der Waals surface area contributed by atoms with E-state index >= 15 is 0 Å². The highest BCUT2D eigenvalue weighted by atomic mass is 16.1. The van der Waals surface area contributed by atoms with Gasteiger partial charge in [-0.15, -0.1) is 0 Å². The van der Waals surface area contributed by atoms with E-state index in [2.05, 4.69) is 4.98 Å². The van der Waals surface area contributed by atoms with Crippen molar-refractivity contribution in [2.75, 3.05) is 0 Å². The number of primary amides is 1. The molecule has 1 heterocycles. The van der Waals surface area contributed by atoms with Gasteiger partial charge in [-0.3, -0.25) is 4.79 Å². The Balaban J connectivity index is 2.19. The van der Waals surface area contributed by atoms with Gasteiger partial charge in [0.25, 0.3) is 5.91 Å². The third-order valence-corrected chi connectivity index (χ3v) is 3.05. The van der Waals surface area contributed by atoms with Crippen molar-refractivity contribution < 1.29 is 4.79 Å². The van der Waals surface area contributed by atoms with Crippen LogP contribution >= 0.6 is 0 Å². The number of nitrogens with two attached hydrogens (primary N) is 1. The van der Waals surface area contributed by atoms with E-state index in [0.717, 1.165) is 5.69 Å². The van der Waals surface area contributed by atoms with Crippen molar-refractivity contribution in [2.24, 2.45) is 5.73 Å². The molecule has 0 atom stereocenters. The van der Waals surface area contributed by atoms with Crippen molar-refractivity contribution in [3.8, 4) is 0 Å². The molecule has 3 nitrogen and oxygen atoms in total. The SMILES string of the molecule is NC(=O)c1cccc(C2CCCCC2)n1. The van der Waals surface area contributed by atoms with E-state index in [9.17, 15) is 4.79 Å². The van der Waals surface area contributed by atoms with Crippen molar-refractivity contribution in [2.45, 2.75) is 38.0 Å². The number of hydrogen-bond donors (Lipinski definition) is 1. The second kappa shape index (κ2) is 4.43. The number of nitrogens with zero attached hydrogens (tertiary/aromatic N) is 1. The standard InChI is InChI=1S/C12H16N2O/c13-12(15)11-8-4-7-10(14-11)9-5-2-1-3-6-9/h4,7-9H,1-3,5-6H2,(H2,13,15). The van der Waals surface area contributed by atoms with Gasteiger partial charge in [0.1, 0.15) is 5.69 Å². The van der Waals surface area contributed by atoms with Crippen LogP contribution in [0.4, 0.5) is 0 Å². The smallest absolute Gasteiger partial charge is 0.267 e. The number of rotatable bonds is 2. The summed E-state index contributed by atoms with van der Waals surface area (Å²) in [6.45, 7) is 0. The number of carbonyl (C=O) groups is 1. The fourth-order valence-corrected chi connectivity index (χ4v) is 2.21. The number of aromatic nitrogens is 1. The van der Waals surface area contributed by atoms with Gasteiger partial charge in [0.15, 0.2) is 0 Å². The molecule has 1 aromatic rings. The lowest BCUT2D eigenvalue weighted by atomic mass is 9.86. The molecule has 0 saturated heterocycles. The average Bonchev–Trinajstić information content (AvgIpc) is 2.30. The predicted octanol–water partition coefficient (Wildman–Crippen LogP) is 2.23. The summed E-state index contributed by atoms with van der Waals surface area (Å²) >= 11 is 0. The molecule has 1 aliphatic rings. The third kappa shape index (κ3) is 2.35. The molecular weight excluding hydrogens is 188 g/mol. The van der Waals surface area contributed by atoms with E-state index < -0.39 is 5.91 Å². The van der Waals surface area contributed by atoms with E-state index in [0.29, 0.717) is 11.6 Å². The molecule has 1 aromatic heterocycles. The minimum atomic E-state index is -0.437. The lowest BCUT2D eigenvalue weighted by Crippen LogP contribution is -2.15. The molecule has 2 N–H and O–H groups in total. The van der Waals surface area contributed by atoms with Crippen LogP contribution in [0.15, 0.2) is 18.2 Å². The van der Waals surface area contributed by atoms with E-state index in [1.807, 2.05) is 12.1 Å². The van der Waals surface area contributed by atoms with Gasteiger partial charge >= 0.3 is 0 Å². The summed E-state index contributed by atoms with van der Waals surface area (Å²) in [5.74, 6) is 0.0886. The van der Waals surface area contributed by atoms with Crippen LogP contribution in [-0.2, 0) is 0 Å².